The van der Waals surface area contributed by atoms with Crippen LogP contribution in [0.4, 0.5) is 13.2 Å². The van der Waals surface area contributed by atoms with Crippen LogP contribution in [-0.2, 0) is 15.7 Å². The lowest BCUT2D eigenvalue weighted by Crippen LogP contribution is -2.46. The molecule has 0 radical (unpaired) electrons. The third-order valence-electron chi connectivity index (χ3n) is 3.41. The number of carbonyl (C=O) groups is 3. The summed E-state index contributed by atoms with van der Waals surface area (Å²) in [6.45, 7) is 1.22. The highest BCUT2D eigenvalue weighted by atomic mass is 19.4. The van der Waals surface area contributed by atoms with Crippen LogP contribution in [0.3, 0.4) is 0 Å². The van der Waals surface area contributed by atoms with E-state index in [1.54, 1.807) is 18.2 Å². The van der Waals surface area contributed by atoms with Crippen LogP contribution >= 0.6 is 0 Å². The summed E-state index contributed by atoms with van der Waals surface area (Å²) in [6.07, 6.45) is -5.95. The Morgan fingerprint density at radius 3 is 2.19 bits per heavy atom. The average molecular weight is 380 g/mol. The van der Waals surface area contributed by atoms with Crippen molar-refractivity contribution in [2.24, 2.45) is 0 Å². The first kappa shape index (κ1) is 20.0. The second-order valence-electron chi connectivity index (χ2n) is 5.44. The Bertz CT molecular complexity index is 838. The van der Waals surface area contributed by atoms with Crippen LogP contribution in [-0.4, -0.2) is 23.9 Å². The van der Waals surface area contributed by atoms with Gasteiger partial charge in [-0.15, -0.1) is 0 Å². The number of hydrazine groups is 1. The van der Waals surface area contributed by atoms with Gasteiger partial charge in [0.2, 0.25) is 0 Å². The molecule has 0 aliphatic heterocycles. The zero-order valence-corrected chi connectivity index (χ0v) is 14.0. The molecule has 2 rings (SSSR count). The van der Waals surface area contributed by atoms with Crippen molar-refractivity contribution >= 4 is 17.8 Å². The van der Waals surface area contributed by atoms with Crippen LogP contribution < -0.4 is 10.9 Å². The van der Waals surface area contributed by atoms with Crippen molar-refractivity contribution in [3.05, 3.63) is 71.3 Å². The van der Waals surface area contributed by atoms with Gasteiger partial charge >= 0.3 is 12.1 Å². The van der Waals surface area contributed by atoms with Crippen molar-refractivity contribution in [3.8, 4) is 0 Å². The molecular formula is C18H15F3N2O4. The summed E-state index contributed by atoms with van der Waals surface area (Å²) in [4.78, 5) is 35.6. The number of hydrogen-bond donors (Lipinski definition) is 2. The van der Waals surface area contributed by atoms with E-state index in [9.17, 15) is 27.6 Å². The molecule has 0 fully saturated rings. The average Bonchev–Trinajstić information content (AvgIpc) is 2.65. The Balaban J connectivity index is 1.92. The first-order valence-electron chi connectivity index (χ1n) is 7.72. The normalized spacial score (nSPS) is 12.0. The fourth-order valence-electron chi connectivity index (χ4n) is 1.99. The summed E-state index contributed by atoms with van der Waals surface area (Å²) >= 11 is 0. The van der Waals surface area contributed by atoms with Gasteiger partial charge in [0.05, 0.1) is 11.1 Å². The zero-order chi connectivity index (χ0) is 20.0. The van der Waals surface area contributed by atoms with Crippen molar-refractivity contribution in [3.63, 3.8) is 0 Å². The molecule has 2 N–H and O–H groups in total. The number of halogens is 3. The molecule has 0 aliphatic carbocycles. The highest BCUT2D eigenvalue weighted by molar-refractivity contribution is 5.96. The number of hydrogen-bond acceptors (Lipinski definition) is 4. The highest BCUT2D eigenvalue weighted by Gasteiger charge is 2.31. The standard InChI is InChI=1S/C18H15F3N2O4/c1-11(15(24)22-23-16(25)12-6-3-2-4-7-12)27-17(26)13-8-5-9-14(10-13)18(19,20)21/h2-11H,1H3,(H,22,24)(H,23,25)/t11-/m0/s1. The minimum Gasteiger partial charge on any atom is -0.449 e. The van der Waals surface area contributed by atoms with Crippen LogP contribution in [0.25, 0.3) is 0 Å². The molecule has 0 bridgehead atoms. The van der Waals surface area contributed by atoms with Gasteiger partial charge in [0, 0.05) is 5.56 Å². The molecular weight excluding hydrogens is 365 g/mol. The second kappa shape index (κ2) is 8.35. The van der Waals surface area contributed by atoms with Crippen molar-refractivity contribution in [2.45, 2.75) is 19.2 Å². The number of esters is 1. The lowest BCUT2D eigenvalue weighted by molar-refractivity contribution is -0.137. The predicted molar refractivity (Wildman–Crippen MR) is 88.4 cm³/mol. The number of amides is 2. The maximum atomic E-state index is 12.7. The molecule has 9 heteroatoms. The Labute approximate surface area is 152 Å². The summed E-state index contributed by atoms with van der Waals surface area (Å²) in [7, 11) is 0. The van der Waals surface area contributed by atoms with E-state index in [2.05, 4.69) is 10.9 Å². The highest BCUT2D eigenvalue weighted by Crippen LogP contribution is 2.29. The number of nitrogens with one attached hydrogen (secondary N) is 2. The lowest BCUT2D eigenvalue weighted by Gasteiger charge is -2.14. The summed E-state index contributed by atoms with van der Waals surface area (Å²) in [5, 5.41) is 0. The Hall–Kier alpha value is -3.36. The van der Waals surface area contributed by atoms with Gasteiger partial charge in [0.15, 0.2) is 6.10 Å². The van der Waals surface area contributed by atoms with E-state index in [1.807, 2.05) is 0 Å². The quantitative estimate of drug-likeness (QED) is 0.631. The maximum absolute atomic E-state index is 12.7. The van der Waals surface area contributed by atoms with Gasteiger partial charge < -0.3 is 4.74 Å². The number of benzene rings is 2. The van der Waals surface area contributed by atoms with Gasteiger partial charge in [-0.1, -0.05) is 24.3 Å². The van der Waals surface area contributed by atoms with Gasteiger partial charge in [0.1, 0.15) is 0 Å². The molecule has 0 spiro atoms. The second-order valence-corrected chi connectivity index (χ2v) is 5.44. The first-order valence-corrected chi connectivity index (χ1v) is 7.72. The molecule has 142 valence electrons. The number of carbonyl (C=O) groups excluding carboxylic acids is 3. The van der Waals surface area contributed by atoms with E-state index in [-0.39, 0.29) is 5.56 Å². The fraction of sp³-hybridized carbons (Fsp3) is 0.167. The van der Waals surface area contributed by atoms with Crippen LogP contribution in [0.5, 0.6) is 0 Å². The van der Waals surface area contributed by atoms with Crippen molar-refractivity contribution in [2.75, 3.05) is 0 Å². The summed E-state index contributed by atoms with van der Waals surface area (Å²) < 4.78 is 42.9. The molecule has 27 heavy (non-hydrogen) atoms. The molecule has 2 amide bonds. The number of rotatable bonds is 4. The van der Waals surface area contributed by atoms with Gasteiger partial charge in [-0.25, -0.2) is 4.79 Å². The molecule has 2 aromatic rings. The van der Waals surface area contributed by atoms with Crippen molar-refractivity contribution in [1.82, 2.24) is 10.9 Å². The number of alkyl halides is 3. The molecule has 0 aliphatic rings. The molecule has 0 unspecified atom stereocenters. The van der Waals surface area contributed by atoms with Gasteiger partial charge in [-0.2, -0.15) is 13.2 Å². The lowest BCUT2D eigenvalue weighted by atomic mass is 10.1. The first-order chi connectivity index (χ1) is 12.7. The van der Waals surface area contributed by atoms with E-state index in [4.69, 9.17) is 4.74 Å². The van der Waals surface area contributed by atoms with Crippen molar-refractivity contribution in [1.29, 1.82) is 0 Å². The summed E-state index contributed by atoms with van der Waals surface area (Å²) in [5.41, 5.74) is 3.16. The number of ether oxygens (including phenoxy) is 1. The van der Waals surface area contributed by atoms with Crippen LogP contribution in [0, 0.1) is 0 Å². The Kier molecular flexibility index (Phi) is 6.17. The monoisotopic (exact) mass is 380 g/mol. The molecule has 0 aromatic heterocycles. The molecule has 0 saturated heterocycles. The van der Waals surface area contributed by atoms with E-state index in [0.29, 0.717) is 11.6 Å². The minimum absolute atomic E-state index is 0.298. The SMILES string of the molecule is C[C@H](OC(=O)c1cccc(C(F)(F)F)c1)C(=O)NNC(=O)c1ccccc1. The van der Waals surface area contributed by atoms with Crippen LogP contribution in [0.2, 0.25) is 0 Å². The third kappa shape index (κ3) is 5.56. The van der Waals surface area contributed by atoms with Gasteiger partial charge in [-0.3, -0.25) is 20.4 Å². The molecule has 0 heterocycles. The van der Waals surface area contributed by atoms with Crippen LogP contribution in [0.15, 0.2) is 54.6 Å². The van der Waals surface area contributed by atoms with Crippen LogP contribution in [0.1, 0.15) is 33.2 Å². The topological polar surface area (TPSA) is 84.5 Å². The largest absolute Gasteiger partial charge is 0.449 e. The van der Waals surface area contributed by atoms with E-state index in [1.165, 1.54) is 19.1 Å². The third-order valence-corrected chi connectivity index (χ3v) is 3.41. The van der Waals surface area contributed by atoms with E-state index in [0.717, 1.165) is 18.2 Å². The fourth-order valence-corrected chi connectivity index (χ4v) is 1.99. The maximum Gasteiger partial charge on any atom is 0.416 e. The van der Waals surface area contributed by atoms with Gasteiger partial charge in [0.25, 0.3) is 11.8 Å². The zero-order valence-electron chi connectivity index (χ0n) is 14.0. The Morgan fingerprint density at radius 1 is 0.926 bits per heavy atom. The van der Waals surface area contributed by atoms with Gasteiger partial charge in [-0.05, 0) is 37.3 Å². The summed E-state index contributed by atoms with van der Waals surface area (Å²) in [5.74, 6) is -2.53. The minimum atomic E-state index is -4.61. The smallest absolute Gasteiger partial charge is 0.416 e. The summed E-state index contributed by atoms with van der Waals surface area (Å²) in [6, 6.07) is 11.7. The molecule has 2 aromatic carbocycles. The Morgan fingerprint density at radius 2 is 1.56 bits per heavy atom. The van der Waals surface area contributed by atoms with Crippen molar-refractivity contribution < 1.29 is 32.3 Å². The predicted octanol–water partition coefficient (Wildman–Crippen LogP) is 2.71. The molecule has 6 nitrogen and oxygen atoms in total. The van der Waals surface area contributed by atoms with E-state index < -0.39 is 35.6 Å². The van der Waals surface area contributed by atoms with E-state index >= 15 is 0 Å². The molecule has 1 atom stereocenters. The molecule has 0 saturated carbocycles.